The average molecular weight is 413 g/mol. The van der Waals surface area contributed by atoms with E-state index in [1.807, 2.05) is 0 Å². The van der Waals surface area contributed by atoms with E-state index in [1.165, 1.54) is 77.0 Å². The van der Waals surface area contributed by atoms with Crippen LogP contribution in [0.3, 0.4) is 0 Å². The van der Waals surface area contributed by atoms with Gasteiger partial charge in [0, 0.05) is 13.9 Å². The quantitative estimate of drug-likeness (QED) is 0.126. The van der Waals surface area contributed by atoms with Gasteiger partial charge in [-0.25, -0.2) is 8.42 Å². The highest BCUT2D eigenvalue weighted by Gasteiger charge is 2.29. The standard InChI is InChI=1S/C19H42P.CH4O4S/c1-5-8-11-14-17-20(4,18-15-12-9-6-2)19-16-13-10-7-3;1-5-6(2,3)4/h5-19H2,1-4H3;1H3,(H,2,3,4)/q+1;/p-1. The maximum Gasteiger partial charge on any atom is 0.217 e. The summed E-state index contributed by atoms with van der Waals surface area (Å²) in [7, 11) is -4.19. The second-order valence-corrected chi connectivity index (χ2v) is 13.3. The van der Waals surface area contributed by atoms with Crippen LogP contribution in [0, 0.1) is 0 Å². The molecule has 160 valence electrons. The molecule has 0 N–H and O–H groups in total. The molecule has 0 rings (SSSR count). The van der Waals surface area contributed by atoms with Crippen molar-refractivity contribution in [3.8, 4) is 0 Å². The van der Waals surface area contributed by atoms with Crippen molar-refractivity contribution in [2.45, 2.75) is 97.8 Å². The lowest BCUT2D eigenvalue weighted by atomic mass is 10.2. The van der Waals surface area contributed by atoms with Crippen LogP contribution in [-0.4, -0.2) is 45.2 Å². The third kappa shape index (κ3) is 22.3. The van der Waals surface area contributed by atoms with Gasteiger partial charge < -0.3 is 4.55 Å². The molecule has 0 radical (unpaired) electrons. The summed E-state index contributed by atoms with van der Waals surface area (Å²) in [6.07, 6.45) is 22.2. The van der Waals surface area contributed by atoms with E-state index in [0.717, 1.165) is 7.11 Å². The molecule has 6 heteroatoms. The van der Waals surface area contributed by atoms with Crippen molar-refractivity contribution in [3.63, 3.8) is 0 Å². The Balaban J connectivity index is 0. The van der Waals surface area contributed by atoms with E-state index in [9.17, 15) is 13.0 Å². The molecule has 0 bridgehead atoms. The Morgan fingerprint density at radius 2 is 0.962 bits per heavy atom. The molecule has 0 unspecified atom stereocenters. The fraction of sp³-hybridized carbons (Fsp3) is 1.00. The first kappa shape index (κ1) is 28.5. The fourth-order valence-electron chi connectivity index (χ4n) is 3.10. The van der Waals surface area contributed by atoms with Crippen molar-refractivity contribution in [2.24, 2.45) is 0 Å². The van der Waals surface area contributed by atoms with Gasteiger partial charge in [-0.15, -0.1) is 0 Å². The number of hydrogen-bond acceptors (Lipinski definition) is 4. The molecular formula is C20H45O4PS. The van der Waals surface area contributed by atoms with E-state index >= 15 is 0 Å². The van der Waals surface area contributed by atoms with E-state index in [2.05, 4.69) is 31.6 Å². The van der Waals surface area contributed by atoms with E-state index in [0.29, 0.717) is 0 Å². The van der Waals surface area contributed by atoms with Crippen molar-refractivity contribution in [2.75, 3.05) is 32.3 Å². The molecule has 0 aliphatic heterocycles. The maximum atomic E-state index is 9.22. The zero-order chi connectivity index (χ0) is 20.3. The second kappa shape index (κ2) is 18.7. The molecule has 0 aromatic rings. The highest BCUT2D eigenvalue weighted by atomic mass is 32.3. The van der Waals surface area contributed by atoms with Crippen molar-refractivity contribution < 1.29 is 17.2 Å². The van der Waals surface area contributed by atoms with E-state index in [4.69, 9.17) is 0 Å². The molecular weight excluding hydrogens is 367 g/mol. The normalized spacial score (nSPS) is 11.9. The minimum atomic E-state index is -4.41. The van der Waals surface area contributed by atoms with Gasteiger partial charge >= 0.3 is 0 Å². The summed E-state index contributed by atoms with van der Waals surface area (Å²) in [5, 5.41) is 0. The molecule has 0 aliphatic carbocycles. The summed E-state index contributed by atoms with van der Waals surface area (Å²) in [6, 6.07) is 0. The molecule has 0 atom stereocenters. The van der Waals surface area contributed by atoms with Crippen LogP contribution in [0.5, 0.6) is 0 Å². The Morgan fingerprint density at radius 1 is 0.692 bits per heavy atom. The number of hydrogen-bond donors (Lipinski definition) is 0. The summed E-state index contributed by atoms with van der Waals surface area (Å²) in [6.45, 7) is 9.66. The van der Waals surface area contributed by atoms with Gasteiger partial charge in [-0.2, -0.15) is 0 Å². The lowest BCUT2D eigenvalue weighted by Gasteiger charge is -2.23. The van der Waals surface area contributed by atoms with Gasteiger partial charge in [0.2, 0.25) is 10.4 Å². The van der Waals surface area contributed by atoms with Crippen LogP contribution in [0.15, 0.2) is 0 Å². The average Bonchev–Trinajstić information content (AvgIpc) is 2.60. The molecule has 0 aromatic heterocycles. The third-order valence-corrected chi connectivity index (χ3v) is 9.45. The minimum Gasteiger partial charge on any atom is -0.726 e. The lowest BCUT2D eigenvalue weighted by Crippen LogP contribution is -2.07. The zero-order valence-corrected chi connectivity index (χ0v) is 19.8. The SMILES string of the molecule is CCCCCC[P+](C)(CCCCCC)CCCCCC.COS(=O)(=O)[O-]. The van der Waals surface area contributed by atoms with Gasteiger partial charge in [-0.1, -0.05) is 59.3 Å². The van der Waals surface area contributed by atoms with Crippen molar-refractivity contribution >= 4 is 17.7 Å². The smallest absolute Gasteiger partial charge is 0.217 e. The Morgan fingerprint density at radius 3 is 1.15 bits per heavy atom. The Hall–Kier alpha value is 0.300. The molecule has 0 spiro atoms. The fourth-order valence-corrected chi connectivity index (χ4v) is 6.73. The van der Waals surface area contributed by atoms with Crippen molar-refractivity contribution in [1.29, 1.82) is 0 Å². The first-order chi connectivity index (χ1) is 12.2. The van der Waals surface area contributed by atoms with Crippen LogP contribution in [0.4, 0.5) is 0 Å². The Bertz CT molecular complexity index is 354. The van der Waals surface area contributed by atoms with E-state index < -0.39 is 17.7 Å². The van der Waals surface area contributed by atoms with Gasteiger partial charge in [0.25, 0.3) is 0 Å². The number of rotatable bonds is 16. The zero-order valence-electron chi connectivity index (χ0n) is 18.1. The van der Waals surface area contributed by atoms with Crippen LogP contribution in [0.1, 0.15) is 97.8 Å². The van der Waals surface area contributed by atoms with Crippen LogP contribution in [0.2, 0.25) is 0 Å². The summed E-state index contributed by atoms with van der Waals surface area (Å²) >= 11 is 0. The van der Waals surface area contributed by atoms with Crippen molar-refractivity contribution in [3.05, 3.63) is 0 Å². The van der Waals surface area contributed by atoms with Crippen LogP contribution in [-0.2, 0) is 14.6 Å². The van der Waals surface area contributed by atoms with Gasteiger partial charge in [-0.3, -0.25) is 4.18 Å². The molecule has 0 aliphatic rings. The predicted octanol–water partition coefficient (Wildman–Crippen LogP) is 6.47. The molecule has 0 saturated carbocycles. The topological polar surface area (TPSA) is 66.4 Å². The maximum absolute atomic E-state index is 9.22. The van der Waals surface area contributed by atoms with Crippen LogP contribution < -0.4 is 0 Å². The highest BCUT2D eigenvalue weighted by molar-refractivity contribution is 7.80. The van der Waals surface area contributed by atoms with E-state index in [-0.39, 0.29) is 0 Å². The third-order valence-electron chi connectivity index (χ3n) is 4.86. The first-order valence-electron chi connectivity index (χ1n) is 10.6. The molecule has 0 aromatic carbocycles. The molecule has 0 heterocycles. The van der Waals surface area contributed by atoms with Crippen LogP contribution in [0.25, 0.3) is 0 Å². The summed E-state index contributed by atoms with van der Waals surface area (Å²) in [5.41, 5.74) is 0. The van der Waals surface area contributed by atoms with Gasteiger partial charge in [0.05, 0.1) is 25.6 Å². The Kier molecular flexibility index (Phi) is 20.5. The predicted molar refractivity (Wildman–Crippen MR) is 117 cm³/mol. The van der Waals surface area contributed by atoms with Crippen molar-refractivity contribution in [1.82, 2.24) is 0 Å². The van der Waals surface area contributed by atoms with Gasteiger partial charge in [-0.05, 0) is 38.5 Å². The monoisotopic (exact) mass is 412 g/mol. The molecule has 0 saturated heterocycles. The summed E-state index contributed by atoms with van der Waals surface area (Å²) in [5.74, 6) is 0. The second-order valence-electron chi connectivity index (χ2n) is 7.55. The van der Waals surface area contributed by atoms with Gasteiger partial charge in [0.15, 0.2) is 0 Å². The van der Waals surface area contributed by atoms with E-state index in [1.54, 1.807) is 18.5 Å². The highest BCUT2D eigenvalue weighted by Crippen LogP contribution is 2.57. The lowest BCUT2D eigenvalue weighted by molar-refractivity contribution is 0.314. The summed E-state index contributed by atoms with van der Waals surface area (Å²) < 4.78 is 31.0. The minimum absolute atomic E-state index is 0.590. The Labute approximate surface area is 165 Å². The molecule has 0 fully saturated rings. The molecule has 0 amide bonds. The number of unbranched alkanes of at least 4 members (excludes halogenated alkanes) is 9. The molecule has 4 nitrogen and oxygen atoms in total. The summed E-state index contributed by atoms with van der Waals surface area (Å²) in [4.78, 5) is 0. The molecule has 26 heavy (non-hydrogen) atoms. The van der Waals surface area contributed by atoms with Gasteiger partial charge in [0.1, 0.15) is 0 Å². The first-order valence-corrected chi connectivity index (χ1v) is 14.7. The van der Waals surface area contributed by atoms with Crippen LogP contribution >= 0.6 is 7.26 Å². The largest absolute Gasteiger partial charge is 0.726 e.